The summed E-state index contributed by atoms with van der Waals surface area (Å²) in [6.07, 6.45) is 6.28. The van der Waals surface area contributed by atoms with Crippen LogP contribution in [0.3, 0.4) is 0 Å². The summed E-state index contributed by atoms with van der Waals surface area (Å²) in [5.74, 6) is -3.64. The highest BCUT2D eigenvalue weighted by molar-refractivity contribution is 6.22. The van der Waals surface area contributed by atoms with Crippen LogP contribution in [0.5, 0.6) is 23.0 Å². The van der Waals surface area contributed by atoms with Gasteiger partial charge >= 0.3 is 0 Å². The zero-order chi connectivity index (χ0) is 42.6. The normalized spacial score (nSPS) is 24.3. The van der Waals surface area contributed by atoms with Crippen molar-refractivity contribution >= 4 is 47.2 Å². The topological polar surface area (TPSA) is 135 Å². The highest BCUT2D eigenvalue weighted by atomic mass is 16.5. The lowest BCUT2D eigenvalue weighted by atomic mass is 9.49. The Hall–Kier alpha value is -7.14. The van der Waals surface area contributed by atoms with Gasteiger partial charge in [0.15, 0.2) is 11.5 Å². The van der Waals surface area contributed by atoms with Gasteiger partial charge in [-0.15, -0.1) is 0 Å². The molecule has 2 aliphatic heterocycles. The van der Waals surface area contributed by atoms with Crippen molar-refractivity contribution in [3.8, 4) is 23.0 Å². The van der Waals surface area contributed by atoms with Gasteiger partial charge in [-0.1, -0.05) is 90.0 Å². The summed E-state index contributed by atoms with van der Waals surface area (Å²) in [7, 11) is 4.67. The summed E-state index contributed by atoms with van der Waals surface area (Å²) >= 11 is 0. The third-order valence-corrected chi connectivity index (χ3v) is 13.0. The fourth-order valence-corrected chi connectivity index (χ4v) is 10.1. The van der Waals surface area contributed by atoms with Gasteiger partial charge in [-0.25, -0.2) is 0 Å². The summed E-state index contributed by atoms with van der Waals surface area (Å²) in [6.45, 7) is 1.96. The van der Waals surface area contributed by atoms with Gasteiger partial charge in [0, 0.05) is 11.5 Å². The molecule has 1 saturated carbocycles. The van der Waals surface area contributed by atoms with Crippen molar-refractivity contribution in [3.05, 3.63) is 155 Å². The summed E-state index contributed by atoms with van der Waals surface area (Å²) in [6, 6.07) is 34.5. The summed E-state index contributed by atoms with van der Waals surface area (Å²) in [5, 5.41) is 11.9. The van der Waals surface area contributed by atoms with Crippen molar-refractivity contribution in [2.24, 2.45) is 23.7 Å². The molecule has 6 unspecified atom stereocenters. The molecule has 61 heavy (non-hydrogen) atoms. The smallest absolute Gasteiger partial charge is 0.260 e. The number of benzene rings is 5. The molecule has 3 fully saturated rings. The van der Waals surface area contributed by atoms with Gasteiger partial charge in [-0.3, -0.25) is 29.5 Å². The third kappa shape index (κ3) is 6.34. The molecule has 308 valence electrons. The van der Waals surface area contributed by atoms with E-state index in [0.717, 1.165) is 27.3 Å². The Morgan fingerprint density at radius 3 is 2.18 bits per heavy atom. The number of hydrogen-bond acceptors (Lipinski definition) is 9. The largest absolute Gasteiger partial charge is 0.504 e. The van der Waals surface area contributed by atoms with Crippen molar-refractivity contribution in [1.82, 2.24) is 5.01 Å². The summed E-state index contributed by atoms with van der Waals surface area (Å²) in [5.41, 5.74) is 7.51. The van der Waals surface area contributed by atoms with Crippen LogP contribution in [0, 0.1) is 30.6 Å². The van der Waals surface area contributed by atoms with Crippen molar-refractivity contribution in [2.75, 3.05) is 31.7 Å². The number of ether oxygens (including phenoxy) is 3. The maximum absolute atomic E-state index is 15.4. The number of carbonyl (C=O) groups excluding carboxylic acids is 4. The van der Waals surface area contributed by atoms with E-state index in [2.05, 4.69) is 5.43 Å². The van der Waals surface area contributed by atoms with Gasteiger partial charge in [0.2, 0.25) is 11.8 Å². The Morgan fingerprint density at radius 2 is 1.48 bits per heavy atom. The number of aromatic hydroxyl groups is 1. The van der Waals surface area contributed by atoms with Crippen LogP contribution in [0.4, 0.5) is 11.4 Å². The minimum atomic E-state index is -1.45. The molecule has 0 aromatic heterocycles. The van der Waals surface area contributed by atoms with Crippen LogP contribution >= 0.6 is 0 Å². The maximum Gasteiger partial charge on any atom is 0.260 e. The van der Waals surface area contributed by atoms with Crippen LogP contribution in [-0.2, 0) is 24.6 Å². The van der Waals surface area contributed by atoms with Gasteiger partial charge in [0.25, 0.3) is 11.8 Å². The number of phenols is 1. The quantitative estimate of drug-likeness (QED) is 0.0815. The molecule has 5 aromatic rings. The molecule has 2 heterocycles. The number of carbonyl (C=O) groups is 4. The van der Waals surface area contributed by atoms with Crippen LogP contribution in [0.2, 0.25) is 0 Å². The maximum atomic E-state index is 15.4. The molecule has 6 atom stereocenters. The summed E-state index contributed by atoms with van der Waals surface area (Å²) < 4.78 is 16.5. The second-order valence-corrected chi connectivity index (χ2v) is 16.1. The van der Waals surface area contributed by atoms with Crippen LogP contribution in [0.1, 0.15) is 46.6 Å². The lowest BCUT2D eigenvalue weighted by Gasteiger charge is -2.50. The van der Waals surface area contributed by atoms with Gasteiger partial charge in [0.05, 0.1) is 55.9 Å². The molecule has 4 amide bonds. The van der Waals surface area contributed by atoms with E-state index in [4.69, 9.17) is 14.2 Å². The number of hydrogen-bond donors (Lipinski definition) is 2. The Morgan fingerprint density at radius 1 is 0.738 bits per heavy atom. The second-order valence-electron chi connectivity index (χ2n) is 16.1. The van der Waals surface area contributed by atoms with Gasteiger partial charge in [-0.05, 0) is 97.0 Å². The van der Waals surface area contributed by atoms with E-state index in [-0.39, 0.29) is 36.2 Å². The minimum absolute atomic E-state index is 0.0770. The molecule has 9 rings (SSSR count). The Bertz CT molecular complexity index is 2620. The Balaban J connectivity index is 1.11. The average Bonchev–Trinajstić information content (AvgIpc) is 3.67. The standard InChI is InChI=1S/C50H45N3O8/c1-29-10-17-34(18-11-29)51-53-47(56)40-28-39-37(45(32-16-24-41(54)43(27-32)61-4)50(40,49(53)58)33-8-6-5-7-9-33)22-23-38-44(39)48(57)52(46(38)55)35-19-13-30(14-20-35)12-15-31-26-36(59-2)21-25-42(31)60-3/h5-22,24-27,38-40,44-45,51,54H,23,28H2,1-4H3. The molecule has 4 aliphatic rings. The van der Waals surface area contributed by atoms with Gasteiger partial charge in [-0.2, -0.15) is 5.01 Å². The molecule has 11 nitrogen and oxygen atoms in total. The molecular weight excluding hydrogens is 771 g/mol. The predicted octanol–water partition coefficient (Wildman–Crippen LogP) is 8.09. The molecule has 2 saturated heterocycles. The number of fused-ring (bicyclic) bond motifs is 4. The molecule has 2 N–H and O–H groups in total. The predicted molar refractivity (Wildman–Crippen MR) is 231 cm³/mol. The molecule has 0 bridgehead atoms. The van der Waals surface area contributed by atoms with Crippen molar-refractivity contribution in [3.63, 3.8) is 0 Å². The first-order valence-corrected chi connectivity index (χ1v) is 20.3. The number of amides is 4. The molecule has 11 heteroatoms. The number of hydrazine groups is 1. The van der Waals surface area contributed by atoms with E-state index >= 15 is 4.79 Å². The number of aryl methyl sites for hydroxylation is 1. The molecule has 5 aromatic carbocycles. The number of imide groups is 2. The molecular formula is C50H45N3O8. The fourth-order valence-electron chi connectivity index (χ4n) is 10.1. The first kappa shape index (κ1) is 39.3. The van der Waals surface area contributed by atoms with E-state index < -0.39 is 46.8 Å². The van der Waals surface area contributed by atoms with Crippen molar-refractivity contribution in [1.29, 1.82) is 0 Å². The lowest BCUT2D eigenvalue weighted by Crippen LogP contribution is -2.53. The third-order valence-electron chi connectivity index (χ3n) is 13.0. The van der Waals surface area contributed by atoms with E-state index in [1.165, 1.54) is 18.1 Å². The number of nitrogens with one attached hydrogen (secondary N) is 1. The minimum Gasteiger partial charge on any atom is -0.504 e. The average molecular weight is 816 g/mol. The SMILES string of the molecule is COc1ccc(OC)c(C=Cc2ccc(N3C(=O)C4CC=C5C(CC6C(=O)N(Nc7ccc(C)cc7)C(=O)C6(c6ccccc6)C5c5ccc(O)c(OC)c5)C4C3=O)cc2)c1. The number of phenolic OH excluding ortho intramolecular Hbond substituents is 1. The first-order valence-electron chi connectivity index (χ1n) is 20.3. The number of anilines is 2. The highest BCUT2D eigenvalue weighted by Gasteiger charge is 2.70. The van der Waals surface area contributed by atoms with Gasteiger partial charge in [0.1, 0.15) is 11.5 Å². The molecule has 0 radical (unpaired) electrons. The Labute approximate surface area is 353 Å². The van der Waals surface area contributed by atoms with Gasteiger partial charge < -0.3 is 19.3 Å². The van der Waals surface area contributed by atoms with E-state index in [1.54, 1.807) is 38.5 Å². The number of rotatable bonds is 10. The summed E-state index contributed by atoms with van der Waals surface area (Å²) in [4.78, 5) is 60.9. The van der Waals surface area contributed by atoms with Crippen molar-refractivity contribution in [2.45, 2.75) is 31.1 Å². The fraction of sp³-hybridized carbons (Fsp3) is 0.240. The number of allylic oxidation sites excluding steroid dienone is 2. The lowest BCUT2D eigenvalue weighted by molar-refractivity contribution is -0.138. The first-order chi connectivity index (χ1) is 29.6. The molecule has 0 spiro atoms. The van der Waals surface area contributed by atoms with Crippen LogP contribution in [0.25, 0.3) is 12.2 Å². The highest BCUT2D eigenvalue weighted by Crippen LogP contribution is 2.64. The molecule has 2 aliphatic carbocycles. The van der Waals surface area contributed by atoms with E-state index in [1.807, 2.05) is 110 Å². The van der Waals surface area contributed by atoms with Crippen LogP contribution in [0.15, 0.2) is 127 Å². The zero-order valence-corrected chi connectivity index (χ0v) is 34.2. The van der Waals surface area contributed by atoms with E-state index in [9.17, 15) is 19.5 Å². The zero-order valence-electron chi connectivity index (χ0n) is 34.2. The van der Waals surface area contributed by atoms with Crippen LogP contribution < -0.4 is 24.5 Å². The van der Waals surface area contributed by atoms with E-state index in [0.29, 0.717) is 34.0 Å². The second kappa shape index (κ2) is 15.5. The Kier molecular flexibility index (Phi) is 9.97. The van der Waals surface area contributed by atoms with Crippen LogP contribution in [-0.4, -0.2) is 55.1 Å². The number of methoxy groups -OCH3 is 3. The van der Waals surface area contributed by atoms with Crippen molar-refractivity contribution < 1.29 is 38.5 Å². The number of nitrogens with zero attached hydrogens (tertiary/aromatic N) is 2. The monoisotopic (exact) mass is 815 g/mol.